The molecular weight excluding hydrogens is 577 g/mol. The summed E-state index contributed by atoms with van der Waals surface area (Å²) in [5, 5.41) is 0. The lowest BCUT2D eigenvalue weighted by molar-refractivity contribution is 0.0587. The van der Waals surface area contributed by atoms with Crippen LogP contribution in [0.1, 0.15) is 160 Å². The fourth-order valence-corrected chi connectivity index (χ4v) is 14.6. The molecule has 0 heterocycles. The first-order valence-corrected chi connectivity index (χ1v) is 21.1. The van der Waals surface area contributed by atoms with Gasteiger partial charge in [-0.25, -0.2) is 0 Å². The van der Waals surface area contributed by atoms with Gasteiger partial charge in [0.2, 0.25) is 0 Å². The Kier molecular flexibility index (Phi) is 7.63. The highest BCUT2D eigenvalue weighted by atomic mass is 14.7. The molecule has 0 heteroatoms. The maximum atomic E-state index is 2.99. The Labute approximate surface area is 297 Å². The van der Waals surface area contributed by atoms with Gasteiger partial charge in [0, 0.05) is 0 Å². The lowest BCUT2D eigenvalue weighted by Crippen LogP contribution is -2.41. The van der Waals surface area contributed by atoms with E-state index in [-0.39, 0.29) is 21.7 Å². The molecule has 0 aromatic rings. The summed E-state index contributed by atoms with van der Waals surface area (Å²) in [5.41, 5.74) is 8.96. The van der Waals surface area contributed by atoms with Crippen LogP contribution in [0.2, 0.25) is 0 Å². The summed E-state index contributed by atoms with van der Waals surface area (Å²) in [6.45, 7) is 31.2. The number of rotatable bonds is 2. The molecule has 9 atom stereocenters. The van der Waals surface area contributed by atoms with Crippen molar-refractivity contribution >= 4 is 0 Å². The molecule has 0 nitrogen and oxygen atoms in total. The Balaban J connectivity index is 1.30. The molecule has 8 unspecified atom stereocenters. The van der Waals surface area contributed by atoms with Crippen molar-refractivity contribution in [3.05, 3.63) is 46.6 Å². The Morgan fingerprint density at radius 3 is 1.35 bits per heavy atom. The van der Waals surface area contributed by atoms with E-state index in [2.05, 4.69) is 107 Å². The van der Waals surface area contributed by atoms with Gasteiger partial charge in [-0.15, -0.1) is 0 Å². The topological polar surface area (TPSA) is 0 Å². The molecule has 0 aliphatic heterocycles. The van der Waals surface area contributed by atoms with E-state index in [0.717, 1.165) is 35.5 Å². The molecule has 8 rings (SSSR count). The zero-order chi connectivity index (χ0) is 34.4. The highest BCUT2D eigenvalue weighted by Gasteiger charge is 2.66. The highest BCUT2D eigenvalue weighted by molar-refractivity contribution is 5.51. The Hall–Kier alpha value is -1.04. The maximum Gasteiger partial charge on any atom is -0.00921 e. The molecular formula is C48H74. The van der Waals surface area contributed by atoms with E-state index in [4.69, 9.17) is 0 Å². The third kappa shape index (κ3) is 4.99. The minimum atomic E-state index is 0.286. The van der Waals surface area contributed by atoms with Gasteiger partial charge in [-0.1, -0.05) is 139 Å². The van der Waals surface area contributed by atoms with Crippen LogP contribution in [0.3, 0.4) is 0 Å². The molecule has 48 heavy (non-hydrogen) atoms. The Bertz CT molecular complexity index is 1360. The van der Waals surface area contributed by atoms with Gasteiger partial charge in [0.15, 0.2) is 0 Å². The molecule has 0 aromatic carbocycles. The van der Waals surface area contributed by atoms with Crippen LogP contribution in [0.5, 0.6) is 0 Å². The summed E-state index contributed by atoms with van der Waals surface area (Å²) in [6, 6.07) is 0. The first-order chi connectivity index (χ1) is 22.2. The van der Waals surface area contributed by atoms with Gasteiger partial charge in [-0.3, -0.25) is 0 Å². The zero-order valence-electron chi connectivity index (χ0n) is 33.6. The first-order valence-electron chi connectivity index (χ1n) is 21.1. The van der Waals surface area contributed by atoms with Crippen molar-refractivity contribution in [2.75, 3.05) is 0 Å². The van der Waals surface area contributed by atoms with Crippen molar-refractivity contribution < 1.29 is 0 Å². The second-order valence-electron chi connectivity index (χ2n) is 23.3. The molecule has 8 aliphatic carbocycles. The summed E-state index contributed by atoms with van der Waals surface area (Å²) in [5.74, 6) is 8.11. The molecule has 6 saturated carbocycles. The first kappa shape index (κ1) is 34.1. The molecule has 0 aromatic heterocycles. The van der Waals surface area contributed by atoms with Crippen molar-refractivity contribution in [1.82, 2.24) is 0 Å². The van der Waals surface area contributed by atoms with Crippen LogP contribution in [0.25, 0.3) is 0 Å². The van der Waals surface area contributed by atoms with Crippen LogP contribution in [0, 0.1) is 91.7 Å². The number of fused-ring (bicyclic) bond motifs is 6. The monoisotopic (exact) mass is 651 g/mol. The number of hydrogen-bond acceptors (Lipinski definition) is 0. The van der Waals surface area contributed by atoms with E-state index in [1.807, 2.05) is 0 Å². The fraction of sp³-hybridized carbons (Fsp3) is 0.833. The maximum absolute atomic E-state index is 2.99. The Morgan fingerprint density at radius 1 is 0.521 bits per heavy atom. The van der Waals surface area contributed by atoms with Crippen LogP contribution < -0.4 is 0 Å². The minimum Gasteiger partial charge on any atom is -0.0764 e. The summed E-state index contributed by atoms with van der Waals surface area (Å²) >= 11 is 0. The van der Waals surface area contributed by atoms with Crippen molar-refractivity contribution in [1.29, 1.82) is 0 Å². The lowest BCUT2D eigenvalue weighted by atomic mass is 9.55. The van der Waals surface area contributed by atoms with Gasteiger partial charge in [0.1, 0.15) is 0 Å². The SMILES string of the molecule is CC1(C)CCC(C)(C)C2=CC3C(C=C21)C1C=C2C(=CC1C3C1(C)C[C@H](C3CCCCC3)C3CC(C(C)(C)C)CC31)C(C)(C)CCC2(C)C. The predicted molar refractivity (Wildman–Crippen MR) is 205 cm³/mol. The standard InChI is InChI=1S/C48H74/c1-43(2,3)30-22-33-36(29-16-14-13-15-17-29)28-48(12,37(33)23-30)42-34-26-40-38(44(4,5)18-20-46(40,8)9)24-31(34)32-25-39-41(27-35(32)42)47(10,11)21-19-45(39,6)7/h24-27,29-37,42H,13-23,28H2,1-12H3/t30?,31?,32?,33?,34?,35?,36-,37?,42?,48?/m1/s1. The molecule has 0 N–H and O–H groups in total. The number of allylic oxidation sites excluding steroid dienone is 8. The summed E-state index contributed by atoms with van der Waals surface area (Å²) in [4.78, 5) is 0. The minimum absolute atomic E-state index is 0.286. The van der Waals surface area contributed by atoms with Crippen LogP contribution in [0.15, 0.2) is 46.6 Å². The van der Waals surface area contributed by atoms with E-state index < -0.39 is 0 Å². The van der Waals surface area contributed by atoms with Crippen molar-refractivity contribution in [3.63, 3.8) is 0 Å². The molecule has 8 aliphatic rings. The predicted octanol–water partition coefficient (Wildman–Crippen LogP) is 13.8. The molecule has 6 fully saturated rings. The fourth-order valence-electron chi connectivity index (χ4n) is 14.6. The van der Waals surface area contributed by atoms with Gasteiger partial charge >= 0.3 is 0 Å². The van der Waals surface area contributed by atoms with Crippen molar-refractivity contribution in [2.24, 2.45) is 91.7 Å². The third-order valence-electron chi connectivity index (χ3n) is 17.8. The molecule has 266 valence electrons. The average molecular weight is 651 g/mol. The summed E-state index contributed by atoms with van der Waals surface area (Å²) in [7, 11) is 0. The molecule has 0 amide bonds. The van der Waals surface area contributed by atoms with E-state index in [1.165, 1.54) is 77.0 Å². The van der Waals surface area contributed by atoms with E-state index >= 15 is 0 Å². The third-order valence-corrected chi connectivity index (χ3v) is 17.8. The van der Waals surface area contributed by atoms with Crippen LogP contribution >= 0.6 is 0 Å². The van der Waals surface area contributed by atoms with E-state index in [1.54, 1.807) is 22.3 Å². The zero-order valence-corrected chi connectivity index (χ0v) is 33.6. The average Bonchev–Trinajstić information content (AvgIpc) is 3.68. The normalized spacial score (nSPS) is 45.5. The van der Waals surface area contributed by atoms with E-state index in [9.17, 15) is 0 Å². The van der Waals surface area contributed by atoms with Crippen LogP contribution in [-0.4, -0.2) is 0 Å². The summed E-state index contributed by atoms with van der Waals surface area (Å²) < 4.78 is 0. The van der Waals surface area contributed by atoms with Gasteiger partial charge < -0.3 is 0 Å². The second kappa shape index (κ2) is 10.8. The second-order valence-corrected chi connectivity index (χ2v) is 23.3. The Morgan fingerprint density at radius 2 is 0.938 bits per heavy atom. The van der Waals surface area contributed by atoms with Gasteiger partial charge in [0.05, 0.1) is 0 Å². The van der Waals surface area contributed by atoms with Gasteiger partial charge in [-0.2, -0.15) is 0 Å². The quantitative estimate of drug-likeness (QED) is 0.279. The van der Waals surface area contributed by atoms with Gasteiger partial charge in [-0.05, 0) is 159 Å². The van der Waals surface area contributed by atoms with E-state index in [0.29, 0.717) is 34.5 Å². The smallest absolute Gasteiger partial charge is 0.00921 e. The highest BCUT2D eigenvalue weighted by Crippen LogP contribution is 2.73. The van der Waals surface area contributed by atoms with Crippen molar-refractivity contribution in [2.45, 2.75) is 160 Å². The number of hydrogen-bond donors (Lipinski definition) is 0. The van der Waals surface area contributed by atoms with Crippen LogP contribution in [-0.2, 0) is 0 Å². The van der Waals surface area contributed by atoms with Gasteiger partial charge in [0.25, 0.3) is 0 Å². The largest absolute Gasteiger partial charge is 0.0764 e. The summed E-state index contributed by atoms with van der Waals surface area (Å²) in [6.07, 6.45) is 29.2. The lowest BCUT2D eigenvalue weighted by Gasteiger charge is -2.50. The molecule has 0 bridgehead atoms. The van der Waals surface area contributed by atoms with Crippen LogP contribution in [0.4, 0.5) is 0 Å². The van der Waals surface area contributed by atoms with Crippen molar-refractivity contribution in [3.8, 4) is 0 Å². The molecule has 0 radical (unpaired) electrons. The molecule has 0 saturated heterocycles. The molecule has 0 spiro atoms.